The maximum absolute atomic E-state index is 13.2. The lowest BCUT2D eigenvalue weighted by atomic mass is 10.2. The molecule has 2 heterocycles. The number of fused-ring (bicyclic) bond motifs is 2. The molecule has 2 aromatic carbocycles. The summed E-state index contributed by atoms with van der Waals surface area (Å²) in [6.45, 7) is 0. The SMILES string of the molecule is O=c1[nH]c2cc(S(=O)(=O)c3cccc4cnccc34)c([N+](=O)[O-])cc2o1. The van der Waals surface area contributed by atoms with Gasteiger partial charge < -0.3 is 4.42 Å². The van der Waals surface area contributed by atoms with Gasteiger partial charge in [-0.1, -0.05) is 12.1 Å². The van der Waals surface area contributed by atoms with Gasteiger partial charge in [-0.2, -0.15) is 0 Å². The molecule has 130 valence electrons. The summed E-state index contributed by atoms with van der Waals surface area (Å²) in [6, 6.07) is 8.06. The van der Waals surface area contributed by atoms with Crippen LogP contribution in [0.15, 0.2) is 67.8 Å². The summed E-state index contributed by atoms with van der Waals surface area (Å²) >= 11 is 0. The summed E-state index contributed by atoms with van der Waals surface area (Å²) < 4.78 is 31.1. The van der Waals surface area contributed by atoms with E-state index in [0.29, 0.717) is 10.8 Å². The molecular weight excluding hydrogens is 362 g/mol. The minimum atomic E-state index is -4.26. The Labute approximate surface area is 145 Å². The van der Waals surface area contributed by atoms with E-state index in [1.807, 2.05) is 0 Å². The first-order valence-corrected chi connectivity index (χ1v) is 8.75. The van der Waals surface area contributed by atoms with Crippen molar-refractivity contribution >= 4 is 37.4 Å². The van der Waals surface area contributed by atoms with E-state index in [0.717, 1.165) is 12.1 Å². The number of sulfone groups is 1. The molecule has 0 bridgehead atoms. The largest absolute Gasteiger partial charge is 0.417 e. The maximum Gasteiger partial charge on any atom is 0.417 e. The number of H-pyrrole nitrogens is 1. The highest BCUT2D eigenvalue weighted by Gasteiger charge is 2.30. The lowest BCUT2D eigenvalue weighted by molar-refractivity contribution is -0.387. The predicted octanol–water partition coefficient (Wildman–Crippen LogP) is 2.41. The topological polar surface area (TPSA) is 136 Å². The van der Waals surface area contributed by atoms with Crippen LogP contribution < -0.4 is 5.76 Å². The van der Waals surface area contributed by atoms with Crippen LogP contribution in [-0.4, -0.2) is 23.3 Å². The second-order valence-electron chi connectivity index (χ2n) is 5.44. The van der Waals surface area contributed by atoms with E-state index in [4.69, 9.17) is 4.42 Å². The van der Waals surface area contributed by atoms with Crippen molar-refractivity contribution in [1.29, 1.82) is 0 Å². The number of hydrogen-bond acceptors (Lipinski definition) is 7. The smallest absolute Gasteiger partial charge is 0.408 e. The number of nitro benzene ring substituents is 1. The van der Waals surface area contributed by atoms with Crippen molar-refractivity contribution in [1.82, 2.24) is 9.97 Å². The zero-order valence-corrected chi connectivity index (χ0v) is 13.7. The second-order valence-corrected chi connectivity index (χ2v) is 7.33. The zero-order valence-electron chi connectivity index (χ0n) is 12.9. The number of aromatic nitrogens is 2. The molecule has 0 saturated carbocycles. The molecule has 26 heavy (non-hydrogen) atoms. The van der Waals surface area contributed by atoms with Crippen molar-refractivity contribution in [3.8, 4) is 0 Å². The Morgan fingerprint density at radius 3 is 2.73 bits per heavy atom. The molecule has 4 aromatic rings. The highest BCUT2D eigenvalue weighted by molar-refractivity contribution is 7.92. The van der Waals surface area contributed by atoms with Crippen LogP contribution in [0.1, 0.15) is 0 Å². The van der Waals surface area contributed by atoms with Crippen LogP contribution >= 0.6 is 0 Å². The van der Waals surface area contributed by atoms with Crippen LogP contribution in [-0.2, 0) is 9.84 Å². The maximum atomic E-state index is 13.2. The molecule has 10 heteroatoms. The molecule has 0 spiro atoms. The van der Waals surface area contributed by atoms with Crippen molar-refractivity contribution in [2.75, 3.05) is 0 Å². The van der Waals surface area contributed by atoms with E-state index >= 15 is 0 Å². The van der Waals surface area contributed by atoms with Gasteiger partial charge in [-0.05, 0) is 18.2 Å². The molecule has 1 N–H and O–H groups in total. The van der Waals surface area contributed by atoms with E-state index in [2.05, 4.69) is 9.97 Å². The summed E-state index contributed by atoms with van der Waals surface area (Å²) in [4.78, 5) is 27.5. The third-order valence-corrected chi connectivity index (χ3v) is 5.76. The first-order valence-electron chi connectivity index (χ1n) is 7.27. The molecule has 0 saturated heterocycles. The van der Waals surface area contributed by atoms with Gasteiger partial charge in [0.2, 0.25) is 9.84 Å². The molecule has 0 amide bonds. The fourth-order valence-electron chi connectivity index (χ4n) is 2.77. The van der Waals surface area contributed by atoms with Crippen molar-refractivity contribution < 1.29 is 17.8 Å². The highest BCUT2D eigenvalue weighted by atomic mass is 32.2. The fraction of sp³-hybridized carbons (Fsp3) is 0. The molecule has 0 aliphatic carbocycles. The van der Waals surface area contributed by atoms with Gasteiger partial charge in [0.15, 0.2) is 10.5 Å². The van der Waals surface area contributed by atoms with Gasteiger partial charge in [-0.3, -0.25) is 20.1 Å². The standard InChI is InChI=1S/C16H9N3O6S/c20-16-18-11-6-15(12(19(21)22)7-13(11)25-16)26(23,24)14-3-1-2-9-8-17-5-4-10(9)14/h1-8H,(H,18,20). The molecule has 0 aliphatic heterocycles. The van der Waals surface area contributed by atoms with E-state index in [1.165, 1.54) is 30.6 Å². The number of benzene rings is 2. The van der Waals surface area contributed by atoms with Crippen LogP contribution in [0.4, 0.5) is 5.69 Å². The Bertz CT molecular complexity index is 1350. The summed E-state index contributed by atoms with van der Waals surface area (Å²) in [5.74, 6) is -0.833. The van der Waals surface area contributed by atoms with Crippen LogP contribution in [0, 0.1) is 10.1 Å². The Hall–Kier alpha value is -3.53. The quantitative estimate of drug-likeness (QED) is 0.431. The van der Waals surface area contributed by atoms with Crippen molar-refractivity contribution in [3.05, 3.63) is 69.5 Å². The predicted molar refractivity (Wildman–Crippen MR) is 90.7 cm³/mol. The summed E-state index contributed by atoms with van der Waals surface area (Å²) in [7, 11) is -4.26. The van der Waals surface area contributed by atoms with Gasteiger partial charge in [0, 0.05) is 23.2 Å². The van der Waals surface area contributed by atoms with Crippen LogP contribution in [0.25, 0.3) is 21.9 Å². The Kier molecular flexibility index (Phi) is 3.37. The van der Waals surface area contributed by atoms with Crippen LogP contribution in [0.5, 0.6) is 0 Å². The number of aromatic amines is 1. The minimum Gasteiger partial charge on any atom is -0.408 e. The molecular formula is C16H9N3O6S. The molecule has 0 atom stereocenters. The fourth-order valence-corrected chi connectivity index (χ4v) is 4.42. The Morgan fingerprint density at radius 1 is 1.15 bits per heavy atom. The molecule has 0 unspecified atom stereocenters. The number of pyridine rings is 1. The van der Waals surface area contributed by atoms with Gasteiger partial charge in [-0.15, -0.1) is 0 Å². The molecule has 9 nitrogen and oxygen atoms in total. The normalized spacial score (nSPS) is 11.8. The molecule has 0 fully saturated rings. The number of rotatable bonds is 3. The monoisotopic (exact) mass is 371 g/mol. The van der Waals surface area contributed by atoms with Crippen molar-refractivity contribution in [3.63, 3.8) is 0 Å². The summed E-state index contributed by atoms with van der Waals surface area (Å²) in [6.07, 6.45) is 2.94. The lowest BCUT2D eigenvalue weighted by Crippen LogP contribution is -2.06. The van der Waals surface area contributed by atoms with Gasteiger partial charge in [0.05, 0.1) is 21.4 Å². The van der Waals surface area contributed by atoms with Gasteiger partial charge in [0.25, 0.3) is 5.69 Å². The van der Waals surface area contributed by atoms with Gasteiger partial charge in [0.1, 0.15) is 0 Å². The molecule has 4 rings (SSSR count). The summed E-state index contributed by atoms with van der Waals surface area (Å²) in [5.41, 5.74) is -0.713. The van der Waals surface area contributed by atoms with E-state index in [1.54, 1.807) is 6.07 Å². The number of oxazole rings is 1. The third-order valence-electron chi connectivity index (χ3n) is 3.92. The van der Waals surface area contributed by atoms with E-state index in [-0.39, 0.29) is 16.0 Å². The molecule has 2 aromatic heterocycles. The minimum absolute atomic E-state index is 0.0566. The van der Waals surface area contributed by atoms with Crippen molar-refractivity contribution in [2.24, 2.45) is 0 Å². The van der Waals surface area contributed by atoms with Crippen LogP contribution in [0.3, 0.4) is 0 Å². The molecule has 0 radical (unpaired) electrons. The van der Waals surface area contributed by atoms with Gasteiger partial charge in [-0.25, -0.2) is 13.2 Å². The van der Waals surface area contributed by atoms with E-state index in [9.17, 15) is 23.3 Å². The molecule has 0 aliphatic rings. The zero-order chi connectivity index (χ0) is 18.5. The average molecular weight is 371 g/mol. The first-order chi connectivity index (χ1) is 12.4. The lowest BCUT2D eigenvalue weighted by Gasteiger charge is -2.08. The third kappa shape index (κ3) is 2.35. The highest BCUT2D eigenvalue weighted by Crippen LogP contribution is 2.35. The number of hydrogen-bond donors (Lipinski definition) is 1. The van der Waals surface area contributed by atoms with Crippen LogP contribution in [0.2, 0.25) is 0 Å². The Morgan fingerprint density at radius 2 is 1.96 bits per heavy atom. The number of nitrogens with zero attached hydrogens (tertiary/aromatic N) is 2. The summed E-state index contributed by atoms with van der Waals surface area (Å²) in [5, 5.41) is 12.4. The first kappa shape index (κ1) is 16.0. The average Bonchev–Trinajstić information content (AvgIpc) is 2.99. The number of nitro groups is 1. The number of nitrogens with one attached hydrogen (secondary N) is 1. The van der Waals surface area contributed by atoms with Gasteiger partial charge >= 0.3 is 5.76 Å². The Balaban J connectivity index is 2.08. The second kappa shape index (κ2) is 5.49. The van der Waals surface area contributed by atoms with Crippen molar-refractivity contribution in [2.45, 2.75) is 9.79 Å². The van der Waals surface area contributed by atoms with E-state index < -0.39 is 31.1 Å².